The SMILES string of the molecule is COc1ccc(C2c3ccc4ccccc4c3Oc3nc(N)c(C#N)c(N)c32)cc1OC. The molecule has 4 aromatic rings. The molecule has 1 aromatic heterocycles. The van der Waals surface area contributed by atoms with Crippen molar-refractivity contribution in [2.45, 2.75) is 5.92 Å². The predicted octanol–water partition coefficient (Wildman–Crippen LogP) is 4.57. The van der Waals surface area contributed by atoms with Gasteiger partial charge in [-0.1, -0.05) is 42.5 Å². The fourth-order valence-electron chi connectivity index (χ4n) is 4.32. The maximum atomic E-state index is 9.62. The van der Waals surface area contributed by atoms with Crippen LogP contribution in [0, 0.1) is 11.3 Å². The third kappa shape index (κ3) is 2.77. The smallest absolute Gasteiger partial charge is 0.227 e. The quantitative estimate of drug-likeness (QED) is 0.435. The van der Waals surface area contributed by atoms with Gasteiger partial charge in [0.1, 0.15) is 23.2 Å². The summed E-state index contributed by atoms with van der Waals surface area (Å²) in [7, 11) is 3.18. The molecule has 32 heavy (non-hydrogen) atoms. The lowest BCUT2D eigenvalue weighted by molar-refractivity contribution is 0.354. The molecule has 2 heterocycles. The van der Waals surface area contributed by atoms with Crippen molar-refractivity contribution in [1.29, 1.82) is 5.26 Å². The summed E-state index contributed by atoms with van der Waals surface area (Å²) in [5.41, 5.74) is 15.3. The summed E-state index contributed by atoms with van der Waals surface area (Å²) in [5.74, 6) is 1.87. The van der Waals surface area contributed by atoms with E-state index >= 15 is 0 Å². The maximum absolute atomic E-state index is 9.62. The normalized spacial score (nSPS) is 14.1. The van der Waals surface area contributed by atoms with E-state index in [1.807, 2.05) is 54.6 Å². The molecule has 0 aliphatic carbocycles. The summed E-state index contributed by atoms with van der Waals surface area (Å²) in [6.07, 6.45) is 0. The second-order valence-corrected chi connectivity index (χ2v) is 7.47. The first-order chi connectivity index (χ1) is 15.6. The Bertz CT molecular complexity index is 1430. The highest BCUT2D eigenvalue weighted by Crippen LogP contribution is 2.52. The van der Waals surface area contributed by atoms with Crippen LogP contribution in [-0.4, -0.2) is 19.2 Å². The van der Waals surface area contributed by atoms with Crippen molar-refractivity contribution < 1.29 is 14.2 Å². The Hall–Kier alpha value is -4.44. The number of nitrogens with two attached hydrogens (primary N) is 2. The van der Waals surface area contributed by atoms with Crippen LogP contribution in [0.4, 0.5) is 11.5 Å². The van der Waals surface area contributed by atoms with Crippen LogP contribution in [0.2, 0.25) is 0 Å². The van der Waals surface area contributed by atoms with E-state index in [4.69, 9.17) is 25.7 Å². The third-order valence-electron chi connectivity index (χ3n) is 5.83. The number of hydrogen-bond acceptors (Lipinski definition) is 7. The Morgan fingerprint density at radius 3 is 2.53 bits per heavy atom. The van der Waals surface area contributed by atoms with Crippen LogP contribution in [0.5, 0.6) is 23.1 Å². The van der Waals surface area contributed by atoms with Crippen molar-refractivity contribution in [1.82, 2.24) is 4.98 Å². The fourth-order valence-corrected chi connectivity index (χ4v) is 4.32. The molecule has 0 amide bonds. The number of nitrogen functional groups attached to an aromatic ring is 2. The summed E-state index contributed by atoms with van der Waals surface area (Å²) in [4.78, 5) is 4.40. The van der Waals surface area contributed by atoms with Gasteiger partial charge in [-0.05, 0) is 23.1 Å². The summed E-state index contributed by atoms with van der Waals surface area (Å²) in [5, 5.41) is 11.6. The van der Waals surface area contributed by atoms with E-state index in [-0.39, 0.29) is 23.0 Å². The number of fused-ring (bicyclic) bond motifs is 4. The Balaban J connectivity index is 1.85. The lowest BCUT2D eigenvalue weighted by atomic mass is 9.81. The number of nitriles is 1. The van der Waals surface area contributed by atoms with Gasteiger partial charge in [0.05, 0.1) is 25.5 Å². The molecule has 4 N–H and O–H groups in total. The van der Waals surface area contributed by atoms with Gasteiger partial charge in [-0.25, -0.2) is 0 Å². The summed E-state index contributed by atoms with van der Waals surface area (Å²) in [6.45, 7) is 0. The van der Waals surface area contributed by atoms with Crippen molar-refractivity contribution in [3.05, 3.63) is 76.9 Å². The van der Waals surface area contributed by atoms with Gasteiger partial charge in [-0.2, -0.15) is 10.2 Å². The predicted molar refractivity (Wildman–Crippen MR) is 122 cm³/mol. The number of anilines is 2. The minimum Gasteiger partial charge on any atom is -0.493 e. The first-order valence-corrected chi connectivity index (χ1v) is 9.97. The Morgan fingerprint density at radius 2 is 1.78 bits per heavy atom. The summed E-state index contributed by atoms with van der Waals surface area (Å²) in [6, 6.07) is 19.8. The molecule has 0 bridgehead atoms. The highest BCUT2D eigenvalue weighted by atomic mass is 16.5. The molecular formula is C25H20N4O3. The average molecular weight is 424 g/mol. The first kappa shape index (κ1) is 19.5. The minimum absolute atomic E-state index is 0.0403. The molecule has 1 aliphatic rings. The molecule has 0 spiro atoms. The lowest BCUT2D eigenvalue weighted by Gasteiger charge is -2.30. The molecule has 1 aliphatic heterocycles. The van der Waals surface area contributed by atoms with Gasteiger partial charge >= 0.3 is 0 Å². The van der Waals surface area contributed by atoms with Crippen molar-refractivity contribution >= 4 is 22.3 Å². The molecule has 3 aromatic carbocycles. The Labute approximate surface area is 184 Å². The van der Waals surface area contributed by atoms with E-state index in [1.54, 1.807) is 14.2 Å². The monoisotopic (exact) mass is 424 g/mol. The standard InChI is InChI=1S/C25H20N4O3/c1-30-18-10-8-14(11-19(18)31-2)20-16-9-7-13-5-3-4-6-15(13)23(16)32-25-21(20)22(27)17(12-26)24(28)29-25/h3-11,20H,1-2H3,(H4,27,28,29). The van der Waals surface area contributed by atoms with Crippen molar-refractivity contribution in [2.75, 3.05) is 25.7 Å². The zero-order valence-electron chi connectivity index (χ0n) is 17.5. The molecule has 1 atom stereocenters. The minimum atomic E-state index is -0.349. The maximum Gasteiger partial charge on any atom is 0.227 e. The molecule has 7 heteroatoms. The number of pyridine rings is 1. The third-order valence-corrected chi connectivity index (χ3v) is 5.83. The number of ether oxygens (including phenoxy) is 3. The van der Waals surface area contributed by atoms with E-state index in [0.29, 0.717) is 28.7 Å². The van der Waals surface area contributed by atoms with E-state index in [1.165, 1.54) is 0 Å². The van der Waals surface area contributed by atoms with Gasteiger partial charge in [0.25, 0.3) is 0 Å². The molecule has 0 saturated carbocycles. The second kappa shape index (κ2) is 7.36. The molecule has 0 fully saturated rings. The molecule has 0 saturated heterocycles. The van der Waals surface area contributed by atoms with Crippen LogP contribution >= 0.6 is 0 Å². The molecule has 0 radical (unpaired) electrons. The number of benzene rings is 3. The van der Waals surface area contributed by atoms with Gasteiger partial charge < -0.3 is 25.7 Å². The van der Waals surface area contributed by atoms with Crippen LogP contribution in [0.1, 0.15) is 28.2 Å². The largest absolute Gasteiger partial charge is 0.493 e. The molecular weight excluding hydrogens is 404 g/mol. The molecule has 7 nitrogen and oxygen atoms in total. The molecule has 158 valence electrons. The zero-order valence-corrected chi connectivity index (χ0v) is 17.5. The van der Waals surface area contributed by atoms with Crippen molar-refractivity contribution in [2.24, 2.45) is 0 Å². The number of hydrogen-bond donors (Lipinski definition) is 2. The number of aromatic nitrogens is 1. The highest BCUT2D eigenvalue weighted by molar-refractivity contribution is 5.92. The molecule has 5 rings (SSSR count). The van der Waals surface area contributed by atoms with Gasteiger partial charge in [-0.3, -0.25) is 0 Å². The Morgan fingerprint density at radius 1 is 1.00 bits per heavy atom. The van der Waals surface area contributed by atoms with E-state index < -0.39 is 0 Å². The summed E-state index contributed by atoms with van der Waals surface area (Å²) < 4.78 is 17.2. The van der Waals surface area contributed by atoms with E-state index in [9.17, 15) is 5.26 Å². The van der Waals surface area contributed by atoms with E-state index in [0.717, 1.165) is 21.9 Å². The number of methoxy groups -OCH3 is 2. The van der Waals surface area contributed by atoms with Crippen LogP contribution in [0.25, 0.3) is 10.8 Å². The van der Waals surface area contributed by atoms with Gasteiger partial charge in [0, 0.05) is 16.9 Å². The second-order valence-electron chi connectivity index (χ2n) is 7.47. The van der Waals surface area contributed by atoms with Crippen LogP contribution in [0.15, 0.2) is 54.6 Å². The highest BCUT2D eigenvalue weighted by Gasteiger charge is 2.35. The van der Waals surface area contributed by atoms with Gasteiger partial charge in [-0.15, -0.1) is 0 Å². The lowest BCUT2D eigenvalue weighted by Crippen LogP contribution is -2.17. The zero-order chi connectivity index (χ0) is 22.4. The number of nitrogens with zero attached hydrogens (tertiary/aromatic N) is 2. The fraction of sp³-hybridized carbons (Fsp3) is 0.120. The average Bonchev–Trinajstić information content (AvgIpc) is 2.82. The van der Waals surface area contributed by atoms with Crippen LogP contribution < -0.4 is 25.7 Å². The Kier molecular flexibility index (Phi) is 4.49. The van der Waals surface area contributed by atoms with Crippen molar-refractivity contribution in [3.63, 3.8) is 0 Å². The van der Waals surface area contributed by atoms with E-state index in [2.05, 4.69) is 11.1 Å². The topological polar surface area (TPSA) is 116 Å². The van der Waals surface area contributed by atoms with Crippen molar-refractivity contribution in [3.8, 4) is 29.2 Å². The summed E-state index contributed by atoms with van der Waals surface area (Å²) >= 11 is 0. The number of rotatable bonds is 3. The van der Waals surface area contributed by atoms with Gasteiger partial charge in [0.15, 0.2) is 11.5 Å². The van der Waals surface area contributed by atoms with Crippen LogP contribution in [-0.2, 0) is 0 Å². The first-order valence-electron chi connectivity index (χ1n) is 9.97. The van der Waals surface area contributed by atoms with Gasteiger partial charge in [0.2, 0.25) is 5.88 Å². The molecule has 1 unspecified atom stereocenters. The van der Waals surface area contributed by atoms with Crippen LogP contribution in [0.3, 0.4) is 0 Å².